The van der Waals surface area contributed by atoms with Gasteiger partial charge in [0.25, 0.3) is 0 Å². The average molecular weight is 220 g/mol. The van der Waals surface area contributed by atoms with Crippen molar-refractivity contribution in [1.82, 2.24) is 0 Å². The summed E-state index contributed by atoms with van der Waals surface area (Å²) < 4.78 is 8.86. The minimum absolute atomic E-state index is 0.0388. The van der Waals surface area contributed by atoms with Crippen LogP contribution in [0.25, 0.3) is 0 Å². The smallest absolute Gasteiger partial charge is 0.318 e. The molecule has 1 unspecified atom stereocenters. The Labute approximate surface area is 87.2 Å². The third-order valence-electron chi connectivity index (χ3n) is 1.41. The fourth-order valence-electron chi connectivity index (χ4n) is 0.708. The zero-order valence-electron chi connectivity index (χ0n) is 7.76. The maximum absolute atomic E-state index is 10.9. The number of rotatable bonds is 6. The van der Waals surface area contributed by atoms with E-state index in [-0.39, 0.29) is 19.4 Å². The zero-order chi connectivity index (χ0) is 11.0. The van der Waals surface area contributed by atoms with Crippen LogP contribution in [-0.4, -0.2) is 37.2 Å². The minimum atomic E-state index is -0.635. The highest BCUT2D eigenvalue weighted by Gasteiger charge is 2.15. The predicted octanol–water partition coefficient (Wildman–Crippen LogP) is -0.0199. The molecule has 0 aliphatic rings. The lowest BCUT2D eigenvalue weighted by atomic mass is 10.2. The first-order valence-corrected chi connectivity index (χ1v) is 4.48. The van der Waals surface area contributed by atoms with Gasteiger partial charge < -0.3 is 9.47 Å². The van der Waals surface area contributed by atoms with E-state index in [1.807, 2.05) is 0 Å². The van der Waals surface area contributed by atoms with E-state index in [4.69, 9.17) is 0 Å². The number of carbonyl (C=O) groups is 3. The van der Waals surface area contributed by atoms with E-state index in [1.54, 1.807) is 0 Å². The van der Waals surface area contributed by atoms with Crippen molar-refractivity contribution in [2.24, 2.45) is 0 Å². The Kier molecular flexibility index (Phi) is 6.82. The van der Waals surface area contributed by atoms with E-state index >= 15 is 0 Å². The molecule has 6 heteroatoms. The van der Waals surface area contributed by atoms with Gasteiger partial charge in [0, 0.05) is 6.42 Å². The molecule has 0 rings (SSSR count). The second kappa shape index (κ2) is 7.37. The second-order valence-corrected chi connectivity index (χ2v) is 3.05. The Hall–Kier alpha value is -1.04. The van der Waals surface area contributed by atoms with Gasteiger partial charge in [0.15, 0.2) is 6.29 Å². The molecule has 0 saturated carbocycles. The van der Waals surface area contributed by atoms with E-state index in [0.29, 0.717) is 6.29 Å². The van der Waals surface area contributed by atoms with Gasteiger partial charge >= 0.3 is 11.9 Å². The molecule has 0 spiro atoms. The lowest BCUT2D eigenvalue weighted by Gasteiger charge is -2.06. The maximum Gasteiger partial charge on any atom is 0.318 e. The van der Waals surface area contributed by atoms with Gasteiger partial charge in [-0.05, 0) is 6.42 Å². The summed E-state index contributed by atoms with van der Waals surface area (Å²) in [6.45, 7) is -0.256. The molecule has 0 amide bonds. The predicted molar refractivity (Wildman–Crippen MR) is 51.0 cm³/mol. The monoisotopic (exact) mass is 220 g/mol. The molecule has 0 heterocycles. The molecule has 80 valence electrons. The molecule has 0 fully saturated rings. The molecule has 0 aliphatic carbocycles. The van der Waals surface area contributed by atoms with Crippen molar-refractivity contribution in [3.8, 4) is 0 Å². The van der Waals surface area contributed by atoms with Crippen LogP contribution in [0.5, 0.6) is 0 Å². The molecule has 0 radical (unpaired) electrons. The third-order valence-corrected chi connectivity index (χ3v) is 1.88. The van der Waals surface area contributed by atoms with Gasteiger partial charge in [-0.3, -0.25) is 14.4 Å². The second-order valence-electron chi connectivity index (χ2n) is 2.43. The summed E-state index contributed by atoms with van der Waals surface area (Å²) in [6.07, 6.45) is 0.751. The first-order chi connectivity index (χ1) is 6.61. The van der Waals surface area contributed by atoms with Gasteiger partial charge in [0.05, 0.1) is 7.11 Å². The molecule has 0 N–H and O–H groups in total. The molecule has 0 saturated heterocycles. The van der Waals surface area contributed by atoms with Crippen LogP contribution in [0.2, 0.25) is 0 Å². The first-order valence-electron chi connectivity index (χ1n) is 3.97. The summed E-state index contributed by atoms with van der Waals surface area (Å²) in [5.74, 6) is -1.02. The number of methoxy groups -OCH3 is 1. The van der Waals surface area contributed by atoms with Crippen LogP contribution in [0.4, 0.5) is 0 Å². The topological polar surface area (TPSA) is 69.7 Å². The van der Waals surface area contributed by atoms with Gasteiger partial charge in [-0.2, -0.15) is 12.6 Å². The molecule has 0 aromatic carbocycles. The fraction of sp³-hybridized carbons (Fsp3) is 0.625. The Morgan fingerprint density at radius 2 is 2.14 bits per heavy atom. The van der Waals surface area contributed by atoms with E-state index in [1.165, 1.54) is 7.11 Å². The average Bonchev–Trinajstić information content (AvgIpc) is 2.21. The quantitative estimate of drug-likeness (QED) is 0.387. The number of ether oxygens (including phenoxy) is 2. The van der Waals surface area contributed by atoms with Gasteiger partial charge in [0.1, 0.15) is 11.9 Å². The summed E-state index contributed by atoms with van der Waals surface area (Å²) in [5, 5.41) is -0.635. The summed E-state index contributed by atoms with van der Waals surface area (Å²) in [7, 11) is 1.25. The Bertz CT molecular complexity index is 216. The molecule has 0 aromatic heterocycles. The van der Waals surface area contributed by atoms with Gasteiger partial charge in [-0.25, -0.2) is 0 Å². The molecule has 5 nitrogen and oxygen atoms in total. The first kappa shape index (κ1) is 13.0. The highest BCUT2D eigenvalue weighted by molar-refractivity contribution is 7.81. The van der Waals surface area contributed by atoms with Crippen LogP contribution in [0.15, 0.2) is 0 Å². The van der Waals surface area contributed by atoms with Crippen LogP contribution in [-0.2, 0) is 23.9 Å². The lowest BCUT2D eigenvalue weighted by Crippen LogP contribution is -2.18. The number of hydrogen-bond acceptors (Lipinski definition) is 6. The number of aldehydes is 1. The lowest BCUT2D eigenvalue weighted by molar-refractivity contribution is -0.146. The maximum atomic E-state index is 10.9. The molecule has 14 heavy (non-hydrogen) atoms. The van der Waals surface area contributed by atoms with Crippen LogP contribution in [0.3, 0.4) is 0 Å². The van der Waals surface area contributed by atoms with Gasteiger partial charge in [-0.1, -0.05) is 0 Å². The van der Waals surface area contributed by atoms with Gasteiger partial charge in [0.2, 0.25) is 0 Å². The van der Waals surface area contributed by atoms with Crippen LogP contribution >= 0.6 is 12.6 Å². The van der Waals surface area contributed by atoms with Crippen molar-refractivity contribution >= 4 is 30.9 Å². The van der Waals surface area contributed by atoms with Crippen molar-refractivity contribution in [1.29, 1.82) is 0 Å². The zero-order valence-corrected chi connectivity index (χ0v) is 8.66. The SMILES string of the molecule is COC(=O)C(S)CCC(=O)OCC=O. The van der Waals surface area contributed by atoms with E-state index in [2.05, 4.69) is 22.1 Å². The molecular weight excluding hydrogens is 208 g/mol. The summed E-state index contributed by atoms with van der Waals surface area (Å²) in [5.41, 5.74) is 0. The van der Waals surface area contributed by atoms with Crippen LogP contribution in [0, 0.1) is 0 Å². The molecular formula is C8H12O5S. The number of hydrogen-bond donors (Lipinski definition) is 1. The molecule has 1 atom stereocenters. The van der Waals surface area contributed by atoms with Crippen molar-refractivity contribution in [2.45, 2.75) is 18.1 Å². The van der Waals surface area contributed by atoms with E-state index in [9.17, 15) is 14.4 Å². The highest BCUT2D eigenvalue weighted by Crippen LogP contribution is 2.07. The van der Waals surface area contributed by atoms with Crippen LogP contribution < -0.4 is 0 Å². The Balaban J connectivity index is 3.65. The largest absolute Gasteiger partial charge is 0.468 e. The molecule has 0 aromatic rings. The molecule has 0 bridgehead atoms. The van der Waals surface area contributed by atoms with E-state index in [0.717, 1.165) is 0 Å². The minimum Gasteiger partial charge on any atom is -0.468 e. The summed E-state index contributed by atoms with van der Waals surface area (Å²) in [4.78, 5) is 31.5. The number of thiol groups is 1. The standard InChI is InChI=1S/C8H12O5S/c1-12-8(11)6(14)2-3-7(10)13-5-4-9/h4,6,14H,2-3,5H2,1H3. The van der Waals surface area contributed by atoms with Crippen molar-refractivity contribution in [3.63, 3.8) is 0 Å². The summed E-state index contributed by atoms with van der Waals surface area (Å²) >= 11 is 3.92. The Morgan fingerprint density at radius 1 is 1.50 bits per heavy atom. The number of esters is 2. The van der Waals surface area contributed by atoms with Crippen molar-refractivity contribution in [2.75, 3.05) is 13.7 Å². The van der Waals surface area contributed by atoms with Crippen molar-refractivity contribution < 1.29 is 23.9 Å². The van der Waals surface area contributed by atoms with Crippen molar-refractivity contribution in [3.05, 3.63) is 0 Å². The van der Waals surface area contributed by atoms with Gasteiger partial charge in [-0.15, -0.1) is 0 Å². The number of carbonyl (C=O) groups excluding carboxylic acids is 3. The highest BCUT2D eigenvalue weighted by atomic mass is 32.1. The fourth-order valence-corrected chi connectivity index (χ4v) is 0.942. The summed E-state index contributed by atoms with van der Waals surface area (Å²) in [6, 6.07) is 0. The van der Waals surface area contributed by atoms with Crippen LogP contribution in [0.1, 0.15) is 12.8 Å². The third kappa shape index (κ3) is 5.58. The van der Waals surface area contributed by atoms with E-state index < -0.39 is 17.2 Å². The Morgan fingerprint density at radius 3 is 2.64 bits per heavy atom. The normalized spacial score (nSPS) is 11.6. The molecule has 0 aliphatic heterocycles.